The van der Waals surface area contributed by atoms with E-state index in [0.29, 0.717) is 11.5 Å². The molecule has 114 valence electrons. The van der Waals surface area contributed by atoms with Crippen LogP contribution in [-0.4, -0.2) is 37.7 Å². The third kappa shape index (κ3) is 4.97. The van der Waals surface area contributed by atoms with Crippen molar-refractivity contribution in [3.63, 3.8) is 0 Å². The van der Waals surface area contributed by atoms with Gasteiger partial charge in [0.1, 0.15) is 0 Å². The predicted octanol–water partition coefficient (Wildman–Crippen LogP) is 1.01. The average molecular weight is 318 g/mol. The van der Waals surface area contributed by atoms with Crippen molar-refractivity contribution in [2.24, 2.45) is 0 Å². The molecule has 0 spiro atoms. The molecule has 0 bridgehead atoms. The van der Waals surface area contributed by atoms with Gasteiger partial charge in [0, 0.05) is 34.9 Å². The first-order valence-corrected chi connectivity index (χ1v) is 9.49. The summed E-state index contributed by atoms with van der Waals surface area (Å²) in [4.78, 5) is 0.229. The van der Waals surface area contributed by atoms with Gasteiger partial charge in [0.05, 0.1) is 4.90 Å². The number of hydrogen-bond donors (Lipinski definition) is 2. The Kier molecular flexibility index (Phi) is 6.81. The van der Waals surface area contributed by atoms with Gasteiger partial charge in [0.25, 0.3) is 0 Å². The summed E-state index contributed by atoms with van der Waals surface area (Å²) in [6, 6.07) is 6.93. The van der Waals surface area contributed by atoms with E-state index in [1.807, 2.05) is 20.9 Å². The lowest BCUT2D eigenvalue weighted by Crippen LogP contribution is -2.28. The highest BCUT2D eigenvalue weighted by atomic mass is 32.2. The Morgan fingerprint density at radius 2 is 1.85 bits per heavy atom. The monoisotopic (exact) mass is 318 g/mol. The van der Waals surface area contributed by atoms with E-state index in [-0.39, 0.29) is 17.5 Å². The van der Waals surface area contributed by atoms with Gasteiger partial charge in [-0.2, -0.15) is 0 Å². The Morgan fingerprint density at radius 3 is 2.35 bits per heavy atom. The fourth-order valence-corrected chi connectivity index (χ4v) is 3.40. The molecule has 7 heteroatoms. The van der Waals surface area contributed by atoms with Crippen LogP contribution < -0.4 is 10.0 Å². The van der Waals surface area contributed by atoms with E-state index in [4.69, 9.17) is 0 Å². The van der Waals surface area contributed by atoms with Gasteiger partial charge < -0.3 is 5.32 Å². The van der Waals surface area contributed by atoms with Crippen LogP contribution in [0.2, 0.25) is 0 Å². The molecular formula is C13H22N2O3S2. The predicted molar refractivity (Wildman–Crippen MR) is 82.7 cm³/mol. The third-order valence-corrected chi connectivity index (χ3v) is 5.85. The normalized spacial score (nSPS) is 14.9. The Hall–Kier alpha value is -0.760. The van der Waals surface area contributed by atoms with Gasteiger partial charge in [-0.25, -0.2) is 13.1 Å². The molecule has 2 atom stereocenters. The van der Waals surface area contributed by atoms with Crippen LogP contribution in [0.15, 0.2) is 29.2 Å². The maximum absolute atomic E-state index is 12.0. The van der Waals surface area contributed by atoms with Crippen LogP contribution in [0.25, 0.3) is 0 Å². The zero-order chi connectivity index (χ0) is 15.2. The van der Waals surface area contributed by atoms with Crippen LogP contribution in [-0.2, 0) is 20.8 Å². The lowest BCUT2D eigenvalue weighted by atomic mass is 10.1. The van der Waals surface area contributed by atoms with Crippen molar-refractivity contribution in [3.8, 4) is 0 Å². The van der Waals surface area contributed by atoms with Crippen LogP contribution in [0.4, 0.5) is 0 Å². The first-order valence-electron chi connectivity index (χ1n) is 6.52. The number of rotatable bonds is 8. The molecule has 1 aromatic rings. The quantitative estimate of drug-likeness (QED) is 0.750. The zero-order valence-electron chi connectivity index (χ0n) is 12.0. The third-order valence-electron chi connectivity index (χ3n) is 3.07. The lowest BCUT2D eigenvalue weighted by Gasteiger charge is -2.11. The molecular weight excluding hydrogens is 296 g/mol. The smallest absolute Gasteiger partial charge is 0.240 e. The summed E-state index contributed by atoms with van der Waals surface area (Å²) in [5.74, 6) is 0.878. The van der Waals surface area contributed by atoms with Crippen molar-refractivity contribution in [2.45, 2.75) is 24.8 Å². The van der Waals surface area contributed by atoms with Crippen LogP contribution >= 0.6 is 0 Å². The van der Waals surface area contributed by atoms with Crippen molar-refractivity contribution in [1.82, 2.24) is 10.0 Å². The first-order chi connectivity index (χ1) is 9.40. The standard InChI is InChI=1S/C13H22N2O3S2/c1-4-19(16)10-9-15-20(17,18)13-7-5-12(6-8-13)11(2)14-3/h5-8,11,14-15H,4,9-10H2,1-3H3. The molecule has 0 aliphatic rings. The number of benzene rings is 1. The molecule has 0 radical (unpaired) electrons. The molecule has 0 aliphatic carbocycles. The van der Waals surface area contributed by atoms with Gasteiger partial charge in [-0.1, -0.05) is 19.1 Å². The molecule has 0 heterocycles. The van der Waals surface area contributed by atoms with Gasteiger partial charge in [-0.05, 0) is 31.7 Å². The molecule has 2 unspecified atom stereocenters. The van der Waals surface area contributed by atoms with Crippen LogP contribution in [0.1, 0.15) is 25.5 Å². The lowest BCUT2D eigenvalue weighted by molar-refractivity contribution is 0.583. The van der Waals surface area contributed by atoms with Crippen LogP contribution in [0.5, 0.6) is 0 Å². The molecule has 2 N–H and O–H groups in total. The summed E-state index contributed by atoms with van der Waals surface area (Å²) in [5.41, 5.74) is 1.03. The largest absolute Gasteiger partial charge is 0.313 e. The highest BCUT2D eigenvalue weighted by molar-refractivity contribution is 7.89. The molecule has 0 aromatic heterocycles. The van der Waals surface area contributed by atoms with Crippen molar-refractivity contribution in [2.75, 3.05) is 25.1 Å². The van der Waals surface area contributed by atoms with E-state index < -0.39 is 20.8 Å². The molecule has 0 fully saturated rings. The summed E-state index contributed by atoms with van der Waals surface area (Å²) < 4.78 is 37.8. The van der Waals surface area contributed by atoms with Crippen molar-refractivity contribution in [3.05, 3.63) is 29.8 Å². The Labute approximate surface area is 123 Å². The second kappa shape index (κ2) is 7.87. The number of sulfonamides is 1. The van der Waals surface area contributed by atoms with Gasteiger partial charge in [-0.15, -0.1) is 0 Å². The van der Waals surface area contributed by atoms with Crippen molar-refractivity contribution in [1.29, 1.82) is 0 Å². The van der Waals surface area contributed by atoms with E-state index >= 15 is 0 Å². The van der Waals surface area contributed by atoms with Crippen molar-refractivity contribution >= 4 is 20.8 Å². The summed E-state index contributed by atoms with van der Waals surface area (Å²) in [6.45, 7) is 4.01. The minimum Gasteiger partial charge on any atom is -0.313 e. The molecule has 0 amide bonds. The average Bonchev–Trinajstić information content (AvgIpc) is 2.46. The fraction of sp³-hybridized carbons (Fsp3) is 0.538. The van der Waals surface area contributed by atoms with Gasteiger partial charge in [0.2, 0.25) is 10.0 Å². The molecule has 0 saturated carbocycles. The van der Waals surface area contributed by atoms with Gasteiger partial charge >= 0.3 is 0 Å². The Balaban J connectivity index is 2.70. The SMILES string of the molecule is CCS(=O)CCNS(=O)(=O)c1ccc(C(C)NC)cc1. The highest BCUT2D eigenvalue weighted by Gasteiger charge is 2.14. The highest BCUT2D eigenvalue weighted by Crippen LogP contribution is 2.15. The van der Waals surface area contributed by atoms with Crippen LogP contribution in [0, 0.1) is 0 Å². The number of hydrogen-bond acceptors (Lipinski definition) is 4. The first kappa shape index (κ1) is 17.3. The Morgan fingerprint density at radius 1 is 1.25 bits per heavy atom. The summed E-state index contributed by atoms with van der Waals surface area (Å²) in [5, 5.41) is 3.09. The van der Waals surface area contributed by atoms with Gasteiger partial charge in [0.15, 0.2) is 0 Å². The molecule has 20 heavy (non-hydrogen) atoms. The summed E-state index contributed by atoms with van der Waals surface area (Å²) in [6.07, 6.45) is 0. The number of nitrogens with one attached hydrogen (secondary N) is 2. The fourth-order valence-electron chi connectivity index (χ4n) is 1.62. The van der Waals surface area contributed by atoms with E-state index in [9.17, 15) is 12.6 Å². The molecule has 0 aliphatic heterocycles. The molecule has 1 rings (SSSR count). The molecule has 1 aromatic carbocycles. The van der Waals surface area contributed by atoms with E-state index in [0.717, 1.165) is 5.56 Å². The van der Waals surface area contributed by atoms with E-state index in [2.05, 4.69) is 10.0 Å². The second-order valence-corrected chi connectivity index (χ2v) is 8.04. The minimum atomic E-state index is -3.52. The zero-order valence-corrected chi connectivity index (χ0v) is 13.7. The maximum atomic E-state index is 12.0. The minimum absolute atomic E-state index is 0.173. The maximum Gasteiger partial charge on any atom is 0.240 e. The topological polar surface area (TPSA) is 75.3 Å². The summed E-state index contributed by atoms with van der Waals surface area (Å²) in [7, 11) is -2.63. The van der Waals surface area contributed by atoms with Crippen LogP contribution in [0.3, 0.4) is 0 Å². The van der Waals surface area contributed by atoms with Gasteiger partial charge in [-0.3, -0.25) is 4.21 Å². The molecule has 5 nitrogen and oxygen atoms in total. The van der Waals surface area contributed by atoms with E-state index in [1.165, 1.54) is 0 Å². The summed E-state index contributed by atoms with van der Waals surface area (Å²) >= 11 is 0. The Bertz CT molecular complexity index is 541. The van der Waals surface area contributed by atoms with E-state index in [1.54, 1.807) is 24.3 Å². The van der Waals surface area contributed by atoms with Crippen molar-refractivity contribution < 1.29 is 12.6 Å². The second-order valence-electron chi connectivity index (χ2n) is 4.41. The molecule has 0 saturated heterocycles.